The second-order valence-electron chi connectivity index (χ2n) is 7.44. The number of amides is 1. The third kappa shape index (κ3) is 5.73. The van der Waals surface area contributed by atoms with E-state index in [1.807, 2.05) is 20.8 Å². The highest BCUT2D eigenvalue weighted by atomic mass is 19.1. The summed E-state index contributed by atoms with van der Waals surface area (Å²) >= 11 is 0. The number of halogens is 1. The van der Waals surface area contributed by atoms with Crippen molar-refractivity contribution in [3.63, 3.8) is 0 Å². The Hall–Kier alpha value is -2.11. The zero-order chi connectivity index (χ0) is 18.6. The molecule has 25 heavy (non-hydrogen) atoms. The van der Waals surface area contributed by atoms with Gasteiger partial charge < -0.3 is 14.4 Å². The minimum absolute atomic E-state index is 0.115. The average molecular weight is 351 g/mol. The number of Topliss-reactive ketones (excluding diaryl/α,β-unsaturated/α-hetero) is 1. The molecule has 0 aliphatic carbocycles. The largest absolute Gasteiger partial charge is 0.492 e. The van der Waals surface area contributed by atoms with Crippen LogP contribution in [0, 0.1) is 11.7 Å². The van der Waals surface area contributed by atoms with Crippen LogP contribution >= 0.6 is 0 Å². The van der Waals surface area contributed by atoms with Crippen molar-refractivity contribution in [2.45, 2.75) is 46.1 Å². The van der Waals surface area contributed by atoms with Crippen LogP contribution in [0.15, 0.2) is 18.2 Å². The number of hydrogen-bond donors (Lipinski definition) is 0. The van der Waals surface area contributed by atoms with E-state index in [1.54, 1.807) is 4.90 Å². The molecule has 1 aromatic carbocycles. The third-order valence-corrected chi connectivity index (χ3v) is 3.97. The van der Waals surface area contributed by atoms with Crippen molar-refractivity contribution in [1.29, 1.82) is 0 Å². The second kappa shape index (κ2) is 7.85. The van der Waals surface area contributed by atoms with Crippen LogP contribution < -0.4 is 4.74 Å². The molecule has 1 amide bonds. The standard InChI is InChI=1S/C19H26FNO4/c1-13(22)16-8-7-15(20)10-17(16)24-12-14-6-5-9-21(11-14)18(23)25-19(2,3)4/h7-8,10,14H,5-6,9,11-12H2,1-4H3. The molecule has 0 radical (unpaired) electrons. The van der Waals surface area contributed by atoms with E-state index in [4.69, 9.17) is 9.47 Å². The van der Waals surface area contributed by atoms with Crippen LogP contribution in [0.2, 0.25) is 0 Å². The summed E-state index contributed by atoms with van der Waals surface area (Å²) < 4.78 is 24.6. The van der Waals surface area contributed by atoms with Crippen molar-refractivity contribution in [2.24, 2.45) is 5.92 Å². The lowest BCUT2D eigenvalue weighted by atomic mass is 9.99. The Morgan fingerprint density at radius 2 is 2.04 bits per heavy atom. The number of ether oxygens (including phenoxy) is 2. The maximum Gasteiger partial charge on any atom is 0.410 e. The lowest BCUT2D eigenvalue weighted by Gasteiger charge is -2.34. The molecule has 0 spiro atoms. The zero-order valence-corrected chi connectivity index (χ0v) is 15.3. The Balaban J connectivity index is 1.96. The summed E-state index contributed by atoms with van der Waals surface area (Å²) in [5.74, 6) is -0.251. The quantitative estimate of drug-likeness (QED) is 0.768. The van der Waals surface area contributed by atoms with Gasteiger partial charge in [-0.3, -0.25) is 4.79 Å². The molecule has 0 bridgehead atoms. The van der Waals surface area contributed by atoms with Gasteiger partial charge in [0.05, 0.1) is 12.2 Å². The van der Waals surface area contributed by atoms with E-state index in [2.05, 4.69) is 0 Å². The van der Waals surface area contributed by atoms with E-state index in [1.165, 1.54) is 25.1 Å². The Labute approximate surface area is 148 Å². The Morgan fingerprint density at radius 3 is 2.68 bits per heavy atom. The van der Waals surface area contributed by atoms with Gasteiger partial charge in [-0.15, -0.1) is 0 Å². The van der Waals surface area contributed by atoms with Crippen molar-refractivity contribution in [3.05, 3.63) is 29.6 Å². The summed E-state index contributed by atoms with van der Waals surface area (Å²) in [4.78, 5) is 25.5. The molecular formula is C19H26FNO4. The van der Waals surface area contributed by atoms with Crippen LogP contribution in [0.25, 0.3) is 0 Å². The molecule has 1 unspecified atom stereocenters. The highest BCUT2D eigenvalue weighted by Gasteiger charge is 2.28. The summed E-state index contributed by atoms with van der Waals surface area (Å²) in [6, 6.07) is 3.90. The van der Waals surface area contributed by atoms with Gasteiger partial charge in [0.2, 0.25) is 0 Å². The first-order valence-electron chi connectivity index (χ1n) is 8.57. The minimum Gasteiger partial charge on any atom is -0.492 e. The monoisotopic (exact) mass is 351 g/mol. The maximum absolute atomic E-state index is 13.4. The van der Waals surface area contributed by atoms with Crippen LogP contribution in [0.3, 0.4) is 0 Å². The first kappa shape index (κ1) is 19.2. The summed E-state index contributed by atoms with van der Waals surface area (Å²) in [5, 5.41) is 0. The normalized spacial score (nSPS) is 18.0. The van der Waals surface area contributed by atoms with Gasteiger partial charge in [-0.2, -0.15) is 0 Å². The molecule has 1 aliphatic heterocycles. The number of hydrogen-bond acceptors (Lipinski definition) is 4. The lowest BCUT2D eigenvalue weighted by molar-refractivity contribution is 0.0139. The fourth-order valence-electron chi connectivity index (χ4n) is 2.81. The lowest BCUT2D eigenvalue weighted by Crippen LogP contribution is -2.44. The number of benzene rings is 1. The van der Waals surface area contributed by atoms with Gasteiger partial charge in [0.25, 0.3) is 0 Å². The van der Waals surface area contributed by atoms with Gasteiger partial charge in [0.1, 0.15) is 17.2 Å². The van der Waals surface area contributed by atoms with E-state index in [-0.39, 0.29) is 23.5 Å². The molecule has 0 N–H and O–H groups in total. The molecule has 138 valence electrons. The molecule has 5 nitrogen and oxygen atoms in total. The number of nitrogens with zero attached hydrogens (tertiary/aromatic N) is 1. The summed E-state index contributed by atoms with van der Waals surface area (Å²) in [5.41, 5.74) is -0.167. The molecule has 1 aromatic rings. The predicted molar refractivity (Wildman–Crippen MR) is 92.4 cm³/mol. The van der Waals surface area contributed by atoms with Gasteiger partial charge in [-0.05, 0) is 52.7 Å². The molecule has 0 saturated carbocycles. The maximum atomic E-state index is 13.4. The number of rotatable bonds is 4. The van der Waals surface area contributed by atoms with Crippen LogP contribution in [0.4, 0.5) is 9.18 Å². The van der Waals surface area contributed by atoms with Gasteiger partial charge >= 0.3 is 6.09 Å². The van der Waals surface area contributed by atoms with E-state index < -0.39 is 11.4 Å². The van der Waals surface area contributed by atoms with Gasteiger partial charge in [-0.25, -0.2) is 9.18 Å². The fraction of sp³-hybridized carbons (Fsp3) is 0.579. The van der Waals surface area contributed by atoms with Crippen LogP contribution in [0.1, 0.15) is 50.9 Å². The average Bonchev–Trinajstić information content (AvgIpc) is 2.51. The van der Waals surface area contributed by atoms with Crippen LogP contribution in [-0.4, -0.2) is 42.1 Å². The van der Waals surface area contributed by atoms with Gasteiger partial charge in [0, 0.05) is 25.1 Å². The highest BCUT2D eigenvalue weighted by molar-refractivity contribution is 5.96. The van der Waals surface area contributed by atoms with E-state index in [0.717, 1.165) is 12.8 Å². The smallest absolute Gasteiger partial charge is 0.410 e. The summed E-state index contributed by atoms with van der Waals surface area (Å²) in [7, 11) is 0. The fourth-order valence-corrected chi connectivity index (χ4v) is 2.81. The molecule has 2 rings (SSSR count). The molecule has 1 fully saturated rings. The first-order chi connectivity index (χ1) is 11.7. The topological polar surface area (TPSA) is 55.8 Å². The van der Waals surface area contributed by atoms with Crippen molar-refractivity contribution < 1.29 is 23.5 Å². The SMILES string of the molecule is CC(=O)c1ccc(F)cc1OCC1CCCN(C(=O)OC(C)(C)C)C1. The Bertz CT molecular complexity index is 639. The van der Waals surface area contributed by atoms with Crippen LogP contribution in [0.5, 0.6) is 5.75 Å². The van der Waals surface area contributed by atoms with Crippen molar-refractivity contribution in [1.82, 2.24) is 4.90 Å². The number of carbonyl (C=O) groups excluding carboxylic acids is 2. The number of piperidine rings is 1. The Kier molecular flexibility index (Phi) is 6.03. The number of likely N-dealkylation sites (tertiary alicyclic amines) is 1. The number of carbonyl (C=O) groups is 2. The molecule has 1 atom stereocenters. The number of ketones is 1. The molecule has 1 saturated heterocycles. The Morgan fingerprint density at radius 1 is 1.32 bits per heavy atom. The third-order valence-electron chi connectivity index (χ3n) is 3.97. The van der Waals surface area contributed by atoms with Crippen molar-refractivity contribution in [2.75, 3.05) is 19.7 Å². The van der Waals surface area contributed by atoms with Crippen molar-refractivity contribution in [3.8, 4) is 5.75 Å². The van der Waals surface area contributed by atoms with Gasteiger partial charge in [0.15, 0.2) is 5.78 Å². The van der Waals surface area contributed by atoms with Gasteiger partial charge in [-0.1, -0.05) is 0 Å². The summed E-state index contributed by atoms with van der Waals surface area (Å²) in [6.07, 6.45) is 1.44. The predicted octanol–water partition coefficient (Wildman–Crippen LogP) is 4.05. The highest BCUT2D eigenvalue weighted by Crippen LogP contribution is 2.24. The zero-order valence-electron chi connectivity index (χ0n) is 15.3. The van der Waals surface area contributed by atoms with Crippen LogP contribution in [-0.2, 0) is 4.74 Å². The van der Waals surface area contributed by atoms with Crippen molar-refractivity contribution >= 4 is 11.9 Å². The minimum atomic E-state index is -0.529. The first-order valence-corrected chi connectivity index (χ1v) is 8.57. The van der Waals surface area contributed by atoms with E-state index in [0.29, 0.717) is 25.3 Å². The van der Waals surface area contributed by atoms with E-state index >= 15 is 0 Å². The summed E-state index contributed by atoms with van der Waals surface area (Å²) in [6.45, 7) is 8.44. The molecule has 6 heteroatoms. The molecule has 0 aromatic heterocycles. The second-order valence-corrected chi connectivity index (χ2v) is 7.44. The van der Waals surface area contributed by atoms with E-state index in [9.17, 15) is 14.0 Å². The molecule has 1 aliphatic rings. The molecular weight excluding hydrogens is 325 g/mol. The molecule has 1 heterocycles.